The summed E-state index contributed by atoms with van der Waals surface area (Å²) in [5.74, 6) is 1.50. The lowest BCUT2D eigenvalue weighted by molar-refractivity contribution is 0.174. The van der Waals surface area contributed by atoms with Crippen molar-refractivity contribution in [1.29, 1.82) is 0 Å². The molecule has 1 aliphatic heterocycles. The Morgan fingerprint density at radius 3 is 2.60 bits per heavy atom. The number of fused-ring (bicyclic) bond motifs is 1. The van der Waals surface area contributed by atoms with E-state index in [1.807, 2.05) is 54.5 Å². The Kier molecular flexibility index (Phi) is 3.60. The van der Waals surface area contributed by atoms with Crippen LogP contribution in [0.25, 0.3) is 0 Å². The number of nitrogens with zero attached hydrogens (tertiary/aromatic N) is 2. The molecule has 3 rings (SSSR count). The van der Waals surface area contributed by atoms with Crippen LogP contribution in [0.4, 0.5) is 5.69 Å². The molecular weight excluding hydrogens is 320 g/mol. The summed E-state index contributed by atoms with van der Waals surface area (Å²) in [7, 11) is 1.91. The standard InChI is InChI=1S/C15H13BrN2O2/c1-18(12-5-3-2-4-6-12)17-9-11-7-14-15(8-13(11)16)20-10-19-14/h2-9H,10H2,1H3/b17-9-. The van der Waals surface area contributed by atoms with Crippen molar-refractivity contribution in [3.63, 3.8) is 0 Å². The maximum Gasteiger partial charge on any atom is 0.231 e. The van der Waals surface area contributed by atoms with Crippen LogP contribution in [0.1, 0.15) is 5.56 Å². The third-order valence-corrected chi connectivity index (χ3v) is 3.68. The molecule has 1 aliphatic rings. The molecule has 4 nitrogen and oxygen atoms in total. The number of para-hydroxylation sites is 1. The minimum atomic E-state index is 0.270. The highest BCUT2D eigenvalue weighted by atomic mass is 79.9. The monoisotopic (exact) mass is 332 g/mol. The summed E-state index contributed by atoms with van der Waals surface area (Å²) >= 11 is 3.51. The van der Waals surface area contributed by atoms with Gasteiger partial charge in [0, 0.05) is 17.1 Å². The van der Waals surface area contributed by atoms with Gasteiger partial charge in [0.05, 0.1) is 11.9 Å². The predicted octanol–water partition coefficient (Wildman–Crippen LogP) is 3.65. The second kappa shape index (κ2) is 5.54. The van der Waals surface area contributed by atoms with E-state index in [1.165, 1.54) is 0 Å². The molecule has 20 heavy (non-hydrogen) atoms. The van der Waals surface area contributed by atoms with Crippen molar-refractivity contribution in [3.05, 3.63) is 52.5 Å². The van der Waals surface area contributed by atoms with E-state index in [4.69, 9.17) is 9.47 Å². The fourth-order valence-corrected chi connectivity index (χ4v) is 2.32. The average molecular weight is 333 g/mol. The highest BCUT2D eigenvalue weighted by molar-refractivity contribution is 9.10. The number of hydrazone groups is 1. The third-order valence-electron chi connectivity index (χ3n) is 2.99. The number of hydrogen-bond donors (Lipinski definition) is 0. The lowest BCUT2D eigenvalue weighted by Gasteiger charge is -2.12. The Morgan fingerprint density at radius 1 is 1.15 bits per heavy atom. The maximum absolute atomic E-state index is 5.37. The Balaban J connectivity index is 1.82. The summed E-state index contributed by atoms with van der Waals surface area (Å²) in [6.45, 7) is 0.270. The fourth-order valence-electron chi connectivity index (χ4n) is 1.89. The summed E-state index contributed by atoms with van der Waals surface area (Å²) in [6.07, 6.45) is 1.79. The van der Waals surface area contributed by atoms with Gasteiger partial charge in [0.1, 0.15) is 0 Å². The van der Waals surface area contributed by atoms with Gasteiger partial charge in [-0.2, -0.15) is 5.10 Å². The van der Waals surface area contributed by atoms with Gasteiger partial charge in [0.15, 0.2) is 11.5 Å². The van der Waals surface area contributed by atoms with E-state index >= 15 is 0 Å². The van der Waals surface area contributed by atoms with Crippen LogP contribution in [0.15, 0.2) is 52.0 Å². The molecule has 2 aromatic rings. The molecule has 0 unspecified atom stereocenters. The van der Waals surface area contributed by atoms with Gasteiger partial charge in [-0.15, -0.1) is 0 Å². The number of anilines is 1. The lowest BCUT2D eigenvalue weighted by Crippen LogP contribution is -2.08. The zero-order valence-electron chi connectivity index (χ0n) is 10.9. The summed E-state index contributed by atoms with van der Waals surface area (Å²) < 4.78 is 11.6. The van der Waals surface area contributed by atoms with Gasteiger partial charge in [-0.3, -0.25) is 5.01 Å². The zero-order valence-corrected chi connectivity index (χ0v) is 12.5. The van der Waals surface area contributed by atoms with E-state index in [-0.39, 0.29) is 6.79 Å². The van der Waals surface area contributed by atoms with Gasteiger partial charge in [0.2, 0.25) is 6.79 Å². The minimum absolute atomic E-state index is 0.270. The van der Waals surface area contributed by atoms with Gasteiger partial charge >= 0.3 is 0 Å². The summed E-state index contributed by atoms with van der Waals surface area (Å²) in [6, 6.07) is 13.8. The first kappa shape index (κ1) is 13.0. The lowest BCUT2D eigenvalue weighted by atomic mass is 10.2. The minimum Gasteiger partial charge on any atom is -0.454 e. The summed E-state index contributed by atoms with van der Waals surface area (Å²) in [5, 5.41) is 6.25. The molecule has 0 N–H and O–H groups in total. The Bertz CT molecular complexity index is 644. The molecule has 0 saturated carbocycles. The molecular formula is C15H13BrN2O2. The maximum atomic E-state index is 5.37. The molecule has 102 valence electrons. The van der Waals surface area contributed by atoms with Gasteiger partial charge in [-0.1, -0.05) is 18.2 Å². The average Bonchev–Trinajstić information content (AvgIpc) is 2.92. The van der Waals surface area contributed by atoms with Gasteiger partial charge < -0.3 is 9.47 Å². The zero-order chi connectivity index (χ0) is 13.9. The van der Waals surface area contributed by atoms with E-state index in [1.54, 1.807) is 6.21 Å². The summed E-state index contributed by atoms with van der Waals surface area (Å²) in [4.78, 5) is 0. The van der Waals surface area contributed by atoms with Gasteiger partial charge in [0.25, 0.3) is 0 Å². The van der Waals surface area contributed by atoms with Gasteiger partial charge in [-0.05, 0) is 40.2 Å². The third kappa shape index (κ3) is 2.63. The fraction of sp³-hybridized carbons (Fsp3) is 0.133. The normalized spacial score (nSPS) is 12.9. The van der Waals surface area contributed by atoms with Gasteiger partial charge in [-0.25, -0.2) is 0 Å². The molecule has 0 atom stereocenters. The second-order valence-electron chi connectivity index (χ2n) is 4.33. The van der Waals surface area contributed by atoms with Crippen molar-refractivity contribution in [2.75, 3.05) is 18.8 Å². The van der Waals surface area contributed by atoms with Crippen molar-refractivity contribution in [3.8, 4) is 11.5 Å². The van der Waals surface area contributed by atoms with Crippen LogP contribution in [-0.2, 0) is 0 Å². The van der Waals surface area contributed by atoms with Crippen LogP contribution in [-0.4, -0.2) is 20.1 Å². The van der Waals surface area contributed by atoms with Crippen LogP contribution >= 0.6 is 15.9 Å². The van der Waals surface area contributed by atoms with Crippen molar-refractivity contribution >= 4 is 27.8 Å². The number of rotatable bonds is 3. The van der Waals surface area contributed by atoms with E-state index in [2.05, 4.69) is 21.0 Å². The molecule has 2 aromatic carbocycles. The first-order valence-corrected chi connectivity index (χ1v) is 6.95. The summed E-state index contributed by atoms with van der Waals surface area (Å²) in [5.41, 5.74) is 1.97. The smallest absolute Gasteiger partial charge is 0.231 e. The Hall–Kier alpha value is -2.01. The first-order valence-electron chi connectivity index (χ1n) is 6.16. The van der Waals surface area contributed by atoms with Crippen LogP contribution in [0.3, 0.4) is 0 Å². The molecule has 1 heterocycles. The second-order valence-corrected chi connectivity index (χ2v) is 5.19. The van der Waals surface area contributed by atoms with E-state index in [0.29, 0.717) is 0 Å². The number of hydrogen-bond acceptors (Lipinski definition) is 4. The van der Waals surface area contributed by atoms with E-state index in [0.717, 1.165) is 27.2 Å². The van der Waals surface area contributed by atoms with Crippen molar-refractivity contribution in [1.82, 2.24) is 0 Å². The Morgan fingerprint density at radius 2 is 1.85 bits per heavy atom. The predicted molar refractivity (Wildman–Crippen MR) is 82.7 cm³/mol. The quantitative estimate of drug-likeness (QED) is 0.635. The first-order chi connectivity index (χ1) is 9.74. The molecule has 0 bridgehead atoms. The van der Waals surface area contributed by atoms with Crippen LogP contribution in [0.5, 0.6) is 11.5 Å². The largest absolute Gasteiger partial charge is 0.454 e. The molecule has 0 radical (unpaired) electrons. The molecule has 0 amide bonds. The topological polar surface area (TPSA) is 34.1 Å². The van der Waals surface area contributed by atoms with Crippen molar-refractivity contribution in [2.24, 2.45) is 5.10 Å². The molecule has 0 saturated heterocycles. The Labute approximate surface area is 125 Å². The number of halogens is 1. The molecule has 5 heteroatoms. The highest BCUT2D eigenvalue weighted by Crippen LogP contribution is 2.36. The van der Waals surface area contributed by atoms with E-state index < -0.39 is 0 Å². The van der Waals surface area contributed by atoms with Crippen molar-refractivity contribution in [2.45, 2.75) is 0 Å². The highest BCUT2D eigenvalue weighted by Gasteiger charge is 2.15. The molecule has 0 fully saturated rings. The number of benzene rings is 2. The van der Waals surface area contributed by atoms with Crippen LogP contribution in [0, 0.1) is 0 Å². The SMILES string of the molecule is CN(/N=C\c1cc2c(cc1Br)OCO2)c1ccccc1. The molecule has 0 aliphatic carbocycles. The molecule has 0 spiro atoms. The van der Waals surface area contributed by atoms with Crippen LogP contribution in [0.2, 0.25) is 0 Å². The van der Waals surface area contributed by atoms with E-state index in [9.17, 15) is 0 Å². The number of ether oxygens (including phenoxy) is 2. The van der Waals surface area contributed by atoms with Crippen LogP contribution < -0.4 is 14.5 Å². The van der Waals surface area contributed by atoms with Crippen molar-refractivity contribution < 1.29 is 9.47 Å². The molecule has 0 aromatic heterocycles.